The van der Waals surface area contributed by atoms with E-state index in [-0.39, 0.29) is 23.9 Å². The predicted octanol–water partition coefficient (Wildman–Crippen LogP) is 0.281. The minimum atomic E-state index is -3.27. The van der Waals surface area contributed by atoms with Gasteiger partial charge in [-0.2, -0.15) is 0 Å². The van der Waals surface area contributed by atoms with Gasteiger partial charge in [-0.05, 0) is 6.07 Å². The minimum absolute atomic E-state index is 0.0941. The molecule has 0 aromatic carbocycles. The van der Waals surface area contributed by atoms with Crippen molar-refractivity contribution in [3.05, 3.63) is 17.9 Å². The zero-order valence-corrected chi connectivity index (χ0v) is 10.3. The van der Waals surface area contributed by atoms with Gasteiger partial charge < -0.3 is 14.8 Å². The number of carboxylic acid groups (broad SMARTS) is 1. The number of anilines is 1. The molecule has 0 aliphatic rings. The van der Waals surface area contributed by atoms with Crippen LogP contribution in [0.1, 0.15) is 10.6 Å². The lowest BCUT2D eigenvalue weighted by Crippen LogP contribution is -2.28. The van der Waals surface area contributed by atoms with Crippen molar-refractivity contribution in [1.29, 1.82) is 0 Å². The van der Waals surface area contributed by atoms with Crippen LogP contribution in [-0.4, -0.2) is 50.2 Å². The molecule has 0 saturated heterocycles. The van der Waals surface area contributed by atoms with Gasteiger partial charge in [0.2, 0.25) is 15.8 Å². The summed E-state index contributed by atoms with van der Waals surface area (Å²) in [5, 5.41) is 11.3. The maximum atomic E-state index is 11.4. The third-order valence-electron chi connectivity index (χ3n) is 2.03. The second-order valence-electron chi connectivity index (χ2n) is 3.49. The Morgan fingerprint density at radius 3 is 2.59 bits per heavy atom. The number of carboxylic acids is 1. The molecule has 0 radical (unpaired) electrons. The van der Waals surface area contributed by atoms with Crippen molar-refractivity contribution in [3.63, 3.8) is 0 Å². The van der Waals surface area contributed by atoms with Crippen LogP contribution in [0, 0.1) is 0 Å². The highest BCUT2D eigenvalue weighted by molar-refractivity contribution is 7.89. The maximum Gasteiger partial charge on any atom is 0.371 e. The topological polar surface area (TPSA) is 99.9 Å². The highest BCUT2D eigenvalue weighted by Crippen LogP contribution is 2.12. The van der Waals surface area contributed by atoms with Crippen LogP contribution in [-0.2, 0) is 10.0 Å². The molecule has 0 spiro atoms. The summed E-state index contributed by atoms with van der Waals surface area (Å²) in [5.74, 6) is -1.22. The zero-order chi connectivity index (χ0) is 13.1. The number of aromatic carboxylic acids is 1. The first-order valence-electron chi connectivity index (χ1n) is 4.80. The van der Waals surface area contributed by atoms with E-state index in [0.29, 0.717) is 0 Å². The first-order chi connectivity index (χ1) is 7.83. The van der Waals surface area contributed by atoms with E-state index in [9.17, 15) is 13.2 Å². The Morgan fingerprint density at radius 2 is 2.12 bits per heavy atom. The molecule has 7 nitrogen and oxygen atoms in total. The van der Waals surface area contributed by atoms with E-state index in [2.05, 4.69) is 5.32 Å². The SMILES string of the molecule is CN(C)S(=O)(=O)CCNc1ccc(C(=O)O)o1. The molecule has 1 aromatic rings. The fourth-order valence-corrected chi connectivity index (χ4v) is 1.76. The van der Waals surface area contributed by atoms with Gasteiger partial charge in [-0.25, -0.2) is 17.5 Å². The van der Waals surface area contributed by atoms with E-state index in [4.69, 9.17) is 9.52 Å². The monoisotopic (exact) mass is 262 g/mol. The number of nitrogens with zero attached hydrogens (tertiary/aromatic N) is 1. The largest absolute Gasteiger partial charge is 0.475 e. The summed E-state index contributed by atoms with van der Waals surface area (Å²) >= 11 is 0. The van der Waals surface area contributed by atoms with E-state index >= 15 is 0 Å². The van der Waals surface area contributed by atoms with Gasteiger partial charge in [0.05, 0.1) is 5.75 Å². The molecular formula is C9H14N2O5S. The summed E-state index contributed by atoms with van der Waals surface area (Å²) in [6, 6.07) is 2.73. The van der Waals surface area contributed by atoms with Crippen molar-refractivity contribution in [2.24, 2.45) is 0 Å². The third-order valence-corrected chi connectivity index (χ3v) is 3.87. The molecule has 1 aromatic heterocycles. The van der Waals surface area contributed by atoms with E-state index in [1.807, 2.05) is 0 Å². The maximum absolute atomic E-state index is 11.4. The zero-order valence-electron chi connectivity index (χ0n) is 9.50. The van der Waals surface area contributed by atoms with Gasteiger partial charge in [0.15, 0.2) is 5.88 Å². The van der Waals surface area contributed by atoms with Crippen LogP contribution in [0.2, 0.25) is 0 Å². The van der Waals surface area contributed by atoms with E-state index in [1.54, 1.807) is 0 Å². The summed E-state index contributed by atoms with van der Waals surface area (Å²) in [6.45, 7) is 0.146. The second kappa shape index (κ2) is 5.19. The first-order valence-corrected chi connectivity index (χ1v) is 6.41. The number of sulfonamides is 1. The summed E-state index contributed by atoms with van der Waals surface area (Å²) < 4.78 is 28.8. The van der Waals surface area contributed by atoms with Crippen LogP contribution in [0.4, 0.5) is 5.88 Å². The molecule has 2 N–H and O–H groups in total. The molecule has 0 atom stereocenters. The van der Waals surface area contributed by atoms with Crippen molar-refractivity contribution in [2.45, 2.75) is 0 Å². The van der Waals surface area contributed by atoms with Gasteiger partial charge in [-0.1, -0.05) is 0 Å². The molecule has 96 valence electrons. The van der Waals surface area contributed by atoms with E-state index in [1.165, 1.54) is 26.2 Å². The Morgan fingerprint density at radius 1 is 1.47 bits per heavy atom. The quantitative estimate of drug-likeness (QED) is 0.764. The van der Waals surface area contributed by atoms with Crippen molar-refractivity contribution >= 4 is 21.9 Å². The Labute approximate surface area is 99.1 Å². The summed E-state index contributed by atoms with van der Waals surface area (Å²) in [6.07, 6.45) is 0. The average Bonchev–Trinajstić information content (AvgIpc) is 2.66. The molecule has 1 rings (SSSR count). The third kappa shape index (κ3) is 3.75. The van der Waals surface area contributed by atoms with Gasteiger partial charge in [0.1, 0.15) is 0 Å². The molecule has 0 bridgehead atoms. The van der Waals surface area contributed by atoms with Crippen LogP contribution in [0.3, 0.4) is 0 Å². The van der Waals surface area contributed by atoms with Gasteiger partial charge in [-0.15, -0.1) is 0 Å². The summed E-state index contributed by atoms with van der Waals surface area (Å²) in [5.41, 5.74) is 0. The Balaban J connectivity index is 2.49. The molecule has 0 fully saturated rings. The average molecular weight is 262 g/mol. The van der Waals surface area contributed by atoms with Crippen molar-refractivity contribution < 1.29 is 22.7 Å². The molecule has 0 amide bonds. The second-order valence-corrected chi connectivity index (χ2v) is 5.80. The molecular weight excluding hydrogens is 248 g/mol. The molecule has 8 heteroatoms. The fourth-order valence-electron chi connectivity index (χ4n) is 1.03. The van der Waals surface area contributed by atoms with Crippen LogP contribution in [0.5, 0.6) is 0 Å². The summed E-state index contributed by atoms with van der Waals surface area (Å²) in [4.78, 5) is 10.5. The van der Waals surface area contributed by atoms with Crippen LogP contribution in [0.25, 0.3) is 0 Å². The fraction of sp³-hybridized carbons (Fsp3) is 0.444. The molecule has 0 aliphatic carbocycles. The molecule has 0 aliphatic heterocycles. The van der Waals surface area contributed by atoms with Gasteiger partial charge in [0.25, 0.3) is 0 Å². The lowest BCUT2D eigenvalue weighted by Gasteiger charge is -2.10. The number of hydrogen-bond acceptors (Lipinski definition) is 5. The van der Waals surface area contributed by atoms with Gasteiger partial charge in [-0.3, -0.25) is 0 Å². The minimum Gasteiger partial charge on any atom is -0.475 e. The van der Waals surface area contributed by atoms with Crippen LogP contribution < -0.4 is 5.32 Å². The number of furan rings is 1. The Hall–Kier alpha value is -1.54. The van der Waals surface area contributed by atoms with Crippen LogP contribution in [0.15, 0.2) is 16.5 Å². The van der Waals surface area contributed by atoms with E-state index < -0.39 is 16.0 Å². The van der Waals surface area contributed by atoms with Crippen molar-refractivity contribution in [3.8, 4) is 0 Å². The van der Waals surface area contributed by atoms with E-state index in [0.717, 1.165) is 4.31 Å². The Bertz CT molecular complexity index is 491. The molecule has 1 heterocycles. The number of carbonyl (C=O) groups is 1. The number of nitrogens with one attached hydrogen (secondary N) is 1. The van der Waals surface area contributed by atoms with Crippen molar-refractivity contribution in [1.82, 2.24) is 4.31 Å². The molecule has 17 heavy (non-hydrogen) atoms. The summed E-state index contributed by atoms with van der Waals surface area (Å²) in [7, 11) is -0.367. The lowest BCUT2D eigenvalue weighted by atomic mass is 10.5. The Kier molecular flexibility index (Phi) is 4.13. The van der Waals surface area contributed by atoms with Gasteiger partial charge in [0, 0.05) is 26.7 Å². The smallest absolute Gasteiger partial charge is 0.371 e. The predicted molar refractivity (Wildman–Crippen MR) is 61.6 cm³/mol. The lowest BCUT2D eigenvalue weighted by molar-refractivity contribution is 0.0663. The standard InChI is InChI=1S/C9H14N2O5S/c1-11(2)17(14,15)6-5-10-8-4-3-7(16-8)9(12)13/h3-4,10H,5-6H2,1-2H3,(H,12,13). The van der Waals surface area contributed by atoms with Crippen molar-refractivity contribution in [2.75, 3.05) is 31.7 Å². The van der Waals surface area contributed by atoms with Crippen LogP contribution >= 0.6 is 0 Å². The highest BCUT2D eigenvalue weighted by Gasteiger charge is 2.13. The first kappa shape index (κ1) is 13.5. The normalized spacial score (nSPS) is 11.7. The highest BCUT2D eigenvalue weighted by atomic mass is 32.2. The molecule has 0 saturated carbocycles. The molecule has 0 unspecified atom stereocenters. The van der Waals surface area contributed by atoms with Gasteiger partial charge >= 0.3 is 5.97 Å². The number of rotatable bonds is 6. The number of hydrogen-bond donors (Lipinski definition) is 2.